The number of rotatable bonds is 3. The second-order valence-electron chi connectivity index (χ2n) is 2.66. The van der Waals surface area contributed by atoms with Gasteiger partial charge in [0.05, 0.1) is 12.7 Å². The Hall–Kier alpha value is 0.0300. The van der Waals surface area contributed by atoms with Gasteiger partial charge in [0.15, 0.2) is 0 Å². The summed E-state index contributed by atoms with van der Waals surface area (Å²) in [5.41, 5.74) is 5.39. The molecule has 1 aliphatic rings. The predicted molar refractivity (Wildman–Crippen MR) is 40.1 cm³/mol. The van der Waals surface area contributed by atoms with E-state index in [1.807, 2.05) is 0 Å². The molecule has 0 spiro atoms. The van der Waals surface area contributed by atoms with Gasteiger partial charge in [0.2, 0.25) is 0 Å². The van der Waals surface area contributed by atoms with Crippen LogP contribution in [0, 0.1) is 0 Å². The fraction of sp³-hybridized carbons (Fsp3) is 1.00. The molecule has 0 amide bonds. The largest absolute Gasteiger partial charge is 0.469 e. The minimum atomic E-state index is -4.36. The highest BCUT2D eigenvalue weighted by atomic mass is 31.2. The smallest absolute Gasteiger partial charge is 0.358 e. The van der Waals surface area contributed by atoms with E-state index in [1.54, 1.807) is 0 Å². The van der Waals surface area contributed by atoms with Gasteiger partial charge in [-0.25, -0.2) is 4.57 Å². The Labute approximate surface area is 69.9 Å². The van der Waals surface area contributed by atoms with Crippen LogP contribution in [-0.2, 0) is 13.8 Å². The molecule has 0 aromatic heterocycles. The van der Waals surface area contributed by atoms with Crippen molar-refractivity contribution in [1.29, 1.82) is 0 Å². The maximum absolute atomic E-state index is 10.3. The average molecular weight is 197 g/mol. The molecular formula is C5H12NO5P. The maximum atomic E-state index is 10.3. The van der Waals surface area contributed by atoms with Crippen molar-refractivity contribution in [1.82, 2.24) is 0 Å². The Morgan fingerprint density at radius 2 is 2.25 bits per heavy atom. The lowest BCUT2D eigenvalue weighted by Gasteiger charge is -2.11. The highest BCUT2D eigenvalue weighted by Crippen LogP contribution is 2.36. The number of ether oxygens (including phenoxy) is 1. The van der Waals surface area contributed by atoms with E-state index >= 15 is 0 Å². The predicted octanol–water partition coefficient (Wildman–Crippen LogP) is -0.441. The van der Waals surface area contributed by atoms with E-state index in [4.69, 9.17) is 20.3 Å². The normalized spacial score (nSPS) is 30.9. The summed E-state index contributed by atoms with van der Waals surface area (Å²) in [5, 5.41) is 0. The van der Waals surface area contributed by atoms with E-state index in [0.717, 1.165) is 0 Å². The fourth-order valence-corrected chi connectivity index (χ4v) is 1.40. The molecular weight excluding hydrogens is 185 g/mol. The number of phosphoric acid groups is 1. The van der Waals surface area contributed by atoms with E-state index in [1.165, 1.54) is 0 Å². The summed E-state index contributed by atoms with van der Waals surface area (Å²) in [4.78, 5) is 16.7. The summed E-state index contributed by atoms with van der Waals surface area (Å²) in [6.45, 7) is -0.0992. The molecule has 1 heterocycles. The minimum absolute atomic E-state index is 0.0992. The number of hydrogen-bond donors (Lipinski definition) is 3. The van der Waals surface area contributed by atoms with Crippen molar-refractivity contribution in [3.63, 3.8) is 0 Å². The zero-order chi connectivity index (χ0) is 9.19. The van der Waals surface area contributed by atoms with Gasteiger partial charge in [-0.1, -0.05) is 0 Å². The first-order valence-electron chi connectivity index (χ1n) is 3.58. The van der Waals surface area contributed by atoms with Gasteiger partial charge < -0.3 is 20.3 Å². The molecule has 4 N–H and O–H groups in total. The lowest BCUT2D eigenvalue weighted by molar-refractivity contribution is 0.0137. The summed E-state index contributed by atoms with van der Waals surface area (Å²) >= 11 is 0. The number of hydrogen-bond acceptors (Lipinski definition) is 4. The van der Waals surface area contributed by atoms with Crippen molar-refractivity contribution in [3.8, 4) is 0 Å². The molecule has 1 rings (SSSR count). The molecule has 1 fully saturated rings. The average Bonchev–Trinajstić information content (AvgIpc) is 2.30. The summed E-state index contributed by atoms with van der Waals surface area (Å²) < 4.78 is 19.6. The third kappa shape index (κ3) is 3.62. The van der Waals surface area contributed by atoms with Crippen LogP contribution < -0.4 is 5.73 Å². The molecule has 7 heteroatoms. The standard InChI is InChI=1S/C5H12NO5P/c6-5-2-1-4(11-5)3-10-12(7,8)9/h4-5H,1-3,6H2,(H2,7,8,9)/t4-,5?/m0/s1. The molecule has 0 aromatic rings. The lowest BCUT2D eigenvalue weighted by Crippen LogP contribution is -2.22. The first kappa shape index (κ1) is 10.1. The first-order valence-corrected chi connectivity index (χ1v) is 5.11. The Morgan fingerprint density at radius 3 is 2.67 bits per heavy atom. The van der Waals surface area contributed by atoms with Gasteiger partial charge >= 0.3 is 7.82 Å². The molecule has 0 aliphatic carbocycles. The van der Waals surface area contributed by atoms with Crippen LogP contribution in [0.3, 0.4) is 0 Å². The highest BCUT2D eigenvalue weighted by molar-refractivity contribution is 7.46. The summed E-state index contributed by atoms with van der Waals surface area (Å²) in [6, 6.07) is 0. The van der Waals surface area contributed by atoms with Crippen molar-refractivity contribution < 1.29 is 23.6 Å². The lowest BCUT2D eigenvalue weighted by atomic mass is 10.2. The van der Waals surface area contributed by atoms with E-state index in [-0.39, 0.29) is 18.9 Å². The summed E-state index contributed by atoms with van der Waals surface area (Å²) in [5.74, 6) is 0. The highest BCUT2D eigenvalue weighted by Gasteiger charge is 2.25. The molecule has 6 nitrogen and oxygen atoms in total. The summed E-state index contributed by atoms with van der Waals surface area (Å²) in [7, 11) is -4.36. The van der Waals surface area contributed by atoms with E-state index in [2.05, 4.69) is 4.52 Å². The molecule has 0 saturated carbocycles. The number of phosphoric ester groups is 1. The summed E-state index contributed by atoms with van der Waals surface area (Å²) in [6.07, 6.45) is 0.777. The van der Waals surface area contributed by atoms with Crippen molar-refractivity contribution in [3.05, 3.63) is 0 Å². The van der Waals surface area contributed by atoms with Gasteiger partial charge in [0.25, 0.3) is 0 Å². The molecule has 0 aromatic carbocycles. The molecule has 12 heavy (non-hydrogen) atoms. The van der Waals surface area contributed by atoms with Crippen LogP contribution in [-0.4, -0.2) is 28.7 Å². The molecule has 0 radical (unpaired) electrons. The molecule has 72 valence electrons. The van der Waals surface area contributed by atoms with Crippen LogP contribution in [0.2, 0.25) is 0 Å². The van der Waals surface area contributed by atoms with Gasteiger partial charge in [-0.3, -0.25) is 4.52 Å². The Balaban J connectivity index is 2.21. The third-order valence-electron chi connectivity index (χ3n) is 1.57. The van der Waals surface area contributed by atoms with Crippen LogP contribution in [0.1, 0.15) is 12.8 Å². The minimum Gasteiger partial charge on any atom is -0.358 e. The second kappa shape index (κ2) is 3.83. The van der Waals surface area contributed by atoms with Crippen LogP contribution >= 0.6 is 7.82 Å². The second-order valence-corrected chi connectivity index (χ2v) is 3.90. The third-order valence-corrected chi connectivity index (χ3v) is 2.05. The van der Waals surface area contributed by atoms with Crippen molar-refractivity contribution in [2.45, 2.75) is 25.2 Å². The molecule has 1 saturated heterocycles. The van der Waals surface area contributed by atoms with E-state index < -0.39 is 7.82 Å². The zero-order valence-electron chi connectivity index (χ0n) is 6.42. The van der Waals surface area contributed by atoms with E-state index in [0.29, 0.717) is 12.8 Å². The maximum Gasteiger partial charge on any atom is 0.469 e. The zero-order valence-corrected chi connectivity index (χ0v) is 7.31. The Morgan fingerprint density at radius 1 is 1.58 bits per heavy atom. The van der Waals surface area contributed by atoms with Gasteiger partial charge in [0, 0.05) is 0 Å². The quantitative estimate of drug-likeness (QED) is 0.530. The van der Waals surface area contributed by atoms with Crippen molar-refractivity contribution in [2.24, 2.45) is 5.73 Å². The van der Waals surface area contributed by atoms with Crippen molar-refractivity contribution in [2.75, 3.05) is 6.61 Å². The van der Waals surface area contributed by atoms with Crippen LogP contribution in [0.25, 0.3) is 0 Å². The van der Waals surface area contributed by atoms with Gasteiger partial charge in [-0.15, -0.1) is 0 Å². The molecule has 1 aliphatic heterocycles. The monoisotopic (exact) mass is 197 g/mol. The molecule has 1 unspecified atom stereocenters. The number of nitrogens with two attached hydrogens (primary N) is 1. The molecule has 0 bridgehead atoms. The van der Waals surface area contributed by atoms with Gasteiger partial charge in [-0.2, -0.15) is 0 Å². The van der Waals surface area contributed by atoms with Crippen LogP contribution in [0.4, 0.5) is 0 Å². The van der Waals surface area contributed by atoms with Gasteiger partial charge in [-0.05, 0) is 12.8 Å². The SMILES string of the molecule is NC1CC[C@@H](COP(=O)(O)O)O1. The van der Waals surface area contributed by atoms with Crippen molar-refractivity contribution >= 4 is 7.82 Å². The molecule has 2 atom stereocenters. The van der Waals surface area contributed by atoms with E-state index in [9.17, 15) is 4.57 Å². The fourth-order valence-electron chi connectivity index (χ4n) is 1.04. The Kier molecular flexibility index (Phi) is 3.22. The topological polar surface area (TPSA) is 102 Å². The van der Waals surface area contributed by atoms with Gasteiger partial charge in [0.1, 0.15) is 6.23 Å². The first-order chi connectivity index (χ1) is 5.47. The van der Waals surface area contributed by atoms with Crippen LogP contribution in [0.15, 0.2) is 0 Å². The Bertz CT molecular complexity index is 192. The van der Waals surface area contributed by atoms with Crippen LogP contribution in [0.5, 0.6) is 0 Å².